The van der Waals surface area contributed by atoms with Gasteiger partial charge in [0.2, 0.25) is 0 Å². The van der Waals surface area contributed by atoms with Gasteiger partial charge in [-0.3, -0.25) is 14.8 Å². The number of hydrogen-bond donors (Lipinski definition) is 2. The summed E-state index contributed by atoms with van der Waals surface area (Å²) in [6, 6.07) is 1.24. The minimum atomic E-state index is -0.490. The van der Waals surface area contributed by atoms with Crippen molar-refractivity contribution >= 4 is 17.8 Å². The van der Waals surface area contributed by atoms with Crippen molar-refractivity contribution in [2.75, 3.05) is 18.5 Å². The topological polar surface area (TPSA) is 85.2 Å². The number of hydrogen-bond acceptors (Lipinski definition) is 4. The van der Waals surface area contributed by atoms with Crippen LogP contribution < -0.4 is 10.6 Å². The number of aryl methyl sites for hydroxylation is 2. The van der Waals surface area contributed by atoms with Crippen molar-refractivity contribution < 1.29 is 14.3 Å². The quantitative estimate of drug-likeness (QED) is 0.746. The highest BCUT2D eigenvalue weighted by Crippen LogP contribution is 2.05. The van der Waals surface area contributed by atoms with Crippen molar-refractivity contribution in [3.63, 3.8) is 0 Å². The van der Waals surface area contributed by atoms with Gasteiger partial charge in [0.05, 0.1) is 6.61 Å². The fourth-order valence-corrected chi connectivity index (χ4v) is 1.15. The van der Waals surface area contributed by atoms with E-state index in [4.69, 9.17) is 0 Å². The van der Waals surface area contributed by atoms with Crippen LogP contribution in [0, 0.1) is 6.92 Å². The fourth-order valence-electron chi connectivity index (χ4n) is 1.15. The maximum atomic E-state index is 11.4. The molecule has 7 heteroatoms. The summed E-state index contributed by atoms with van der Waals surface area (Å²) in [4.78, 5) is 22.3. The molecule has 0 atom stereocenters. The maximum absolute atomic E-state index is 11.4. The Morgan fingerprint density at radius 3 is 2.76 bits per heavy atom. The first-order chi connectivity index (χ1) is 8.02. The Balaban J connectivity index is 2.37. The lowest BCUT2D eigenvalue weighted by atomic mass is 10.4. The van der Waals surface area contributed by atoms with Gasteiger partial charge in [-0.15, -0.1) is 0 Å². The van der Waals surface area contributed by atoms with Crippen LogP contribution in [0.1, 0.15) is 12.6 Å². The second-order valence-electron chi connectivity index (χ2n) is 3.41. The Bertz CT molecular complexity index is 394. The number of nitrogens with one attached hydrogen (secondary N) is 2. The summed E-state index contributed by atoms with van der Waals surface area (Å²) in [6.45, 7) is 3.70. The van der Waals surface area contributed by atoms with E-state index in [1.807, 2.05) is 6.92 Å². The molecule has 0 saturated heterocycles. The summed E-state index contributed by atoms with van der Waals surface area (Å²) >= 11 is 0. The van der Waals surface area contributed by atoms with Gasteiger partial charge >= 0.3 is 12.0 Å². The molecule has 0 radical (unpaired) electrons. The third kappa shape index (κ3) is 4.13. The lowest BCUT2D eigenvalue weighted by Crippen LogP contribution is -2.34. The van der Waals surface area contributed by atoms with Crippen LogP contribution in [0.15, 0.2) is 6.07 Å². The van der Waals surface area contributed by atoms with E-state index < -0.39 is 12.0 Å². The first kappa shape index (κ1) is 13.0. The third-order valence-electron chi connectivity index (χ3n) is 2.05. The van der Waals surface area contributed by atoms with E-state index in [0.29, 0.717) is 12.4 Å². The molecule has 0 bridgehead atoms. The molecule has 0 saturated carbocycles. The Morgan fingerprint density at radius 2 is 2.24 bits per heavy atom. The number of anilines is 1. The summed E-state index contributed by atoms with van der Waals surface area (Å²) in [6.07, 6.45) is 0. The van der Waals surface area contributed by atoms with E-state index in [2.05, 4.69) is 20.5 Å². The lowest BCUT2D eigenvalue weighted by Gasteiger charge is -2.04. The molecule has 2 N–H and O–H groups in total. The van der Waals surface area contributed by atoms with E-state index in [-0.39, 0.29) is 6.54 Å². The number of esters is 1. The molecule has 0 aromatic carbocycles. The number of carbonyl (C=O) groups excluding carboxylic acids is 2. The zero-order chi connectivity index (χ0) is 12.8. The summed E-state index contributed by atoms with van der Waals surface area (Å²) in [7, 11) is 1.77. The fraction of sp³-hybridized carbons (Fsp3) is 0.500. The largest absolute Gasteiger partial charge is 0.465 e. The Hall–Kier alpha value is -2.05. The van der Waals surface area contributed by atoms with E-state index in [1.165, 1.54) is 0 Å². The summed E-state index contributed by atoms with van der Waals surface area (Å²) in [5, 5.41) is 8.92. The van der Waals surface area contributed by atoms with Gasteiger partial charge in [0.1, 0.15) is 6.54 Å². The van der Waals surface area contributed by atoms with E-state index in [9.17, 15) is 9.59 Å². The van der Waals surface area contributed by atoms with Crippen molar-refractivity contribution in [3.8, 4) is 0 Å². The molecule has 1 rings (SSSR count). The monoisotopic (exact) mass is 240 g/mol. The average molecular weight is 240 g/mol. The van der Waals surface area contributed by atoms with Crippen molar-refractivity contribution in [3.05, 3.63) is 11.8 Å². The summed E-state index contributed by atoms with van der Waals surface area (Å²) < 4.78 is 6.30. The molecule has 1 aromatic heterocycles. The van der Waals surface area contributed by atoms with Crippen molar-refractivity contribution in [1.82, 2.24) is 15.1 Å². The van der Waals surface area contributed by atoms with Gasteiger partial charge in [-0.2, -0.15) is 5.10 Å². The molecule has 0 aliphatic rings. The van der Waals surface area contributed by atoms with E-state index in [1.54, 1.807) is 24.7 Å². The highest BCUT2D eigenvalue weighted by Gasteiger charge is 2.08. The average Bonchev–Trinajstić information content (AvgIpc) is 2.55. The molecule has 17 heavy (non-hydrogen) atoms. The van der Waals surface area contributed by atoms with Crippen molar-refractivity contribution in [2.45, 2.75) is 13.8 Å². The number of nitrogens with zero attached hydrogens (tertiary/aromatic N) is 2. The SMILES string of the molecule is CCOC(=O)CNC(=O)Nc1cc(C)n(C)n1. The number of ether oxygens (including phenoxy) is 1. The molecule has 0 unspecified atom stereocenters. The zero-order valence-corrected chi connectivity index (χ0v) is 10.1. The Kier molecular flexibility index (Phi) is 4.50. The molecular weight excluding hydrogens is 224 g/mol. The standard InChI is InChI=1S/C10H16N4O3/c1-4-17-9(15)6-11-10(16)12-8-5-7(2)14(3)13-8/h5H,4,6H2,1-3H3,(H2,11,12,13,16). The number of aromatic nitrogens is 2. The van der Waals surface area contributed by atoms with Crippen molar-refractivity contribution in [1.29, 1.82) is 0 Å². The van der Waals surface area contributed by atoms with Crippen LogP contribution in [0.5, 0.6) is 0 Å². The van der Waals surface area contributed by atoms with Gasteiger partial charge in [0.25, 0.3) is 0 Å². The molecule has 0 spiro atoms. The maximum Gasteiger partial charge on any atom is 0.325 e. The molecule has 0 aliphatic carbocycles. The van der Waals surface area contributed by atoms with Gasteiger partial charge in [0.15, 0.2) is 5.82 Å². The Labute approximate surface area is 99.1 Å². The van der Waals surface area contributed by atoms with Crippen LogP contribution in [0.25, 0.3) is 0 Å². The lowest BCUT2D eigenvalue weighted by molar-refractivity contribution is -0.141. The number of amides is 2. The predicted octanol–water partition coefficient (Wildman–Crippen LogP) is 0.413. The first-order valence-electron chi connectivity index (χ1n) is 5.24. The van der Waals surface area contributed by atoms with Gasteiger partial charge in [-0.05, 0) is 13.8 Å². The molecule has 94 valence electrons. The second-order valence-corrected chi connectivity index (χ2v) is 3.41. The number of urea groups is 1. The predicted molar refractivity (Wildman–Crippen MR) is 61.6 cm³/mol. The first-order valence-corrected chi connectivity index (χ1v) is 5.24. The summed E-state index contributed by atoms with van der Waals surface area (Å²) in [5.41, 5.74) is 0.922. The minimum Gasteiger partial charge on any atom is -0.465 e. The van der Waals surface area contributed by atoms with E-state index in [0.717, 1.165) is 5.69 Å². The number of carbonyl (C=O) groups is 2. The van der Waals surface area contributed by atoms with Gasteiger partial charge in [-0.1, -0.05) is 0 Å². The van der Waals surface area contributed by atoms with Crippen LogP contribution >= 0.6 is 0 Å². The van der Waals surface area contributed by atoms with Crippen LogP contribution in [0.4, 0.5) is 10.6 Å². The normalized spacial score (nSPS) is 9.82. The second kappa shape index (κ2) is 5.88. The minimum absolute atomic E-state index is 0.161. The van der Waals surface area contributed by atoms with Crippen LogP contribution in [-0.2, 0) is 16.6 Å². The molecule has 0 aliphatic heterocycles. The van der Waals surface area contributed by atoms with Crippen LogP contribution in [0.3, 0.4) is 0 Å². The molecule has 1 heterocycles. The molecule has 2 amide bonds. The smallest absolute Gasteiger partial charge is 0.325 e. The van der Waals surface area contributed by atoms with Crippen molar-refractivity contribution in [2.24, 2.45) is 7.05 Å². The molecule has 1 aromatic rings. The van der Waals surface area contributed by atoms with Gasteiger partial charge in [0, 0.05) is 18.8 Å². The Morgan fingerprint density at radius 1 is 1.53 bits per heavy atom. The molecule has 7 nitrogen and oxygen atoms in total. The van der Waals surface area contributed by atoms with Crippen LogP contribution in [-0.4, -0.2) is 34.9 Å². The molecular formula is C10H16N4O3. The highest BCUT2D eigenvalue weighted by atomic mass is 16.5. The number of rotatable bonds is 4. The summed E-state index contributed by atoms with van der Waals surface area (Å²) in [5.74, 6) is -0.0359. The molecule has 0 fully saturated rings. The zero-order valence-electron chi connectivity index (χ0n) is 10.1. The van der Waals surface area contributed by atoms with Gasteiger partial charge in [-0.25, -0.2) is 4.79 Å². The van der Waals surface area contributed by atoms with E-state index >= 15 is 0 Å². The third-order valence-corrected chi connectivity index (χ3v) is 2.05. The van der Waals surface area contributed by atoms with Crippen LogP contribution in [0.2, 0.25) is 0 Å². The van der Waals surface area contributed by atoms with Gasteiger partial charge < -0.3 is 10.1 Å². The highest BCUT2D eigenvalue weighted by molar-refractivity contribution is 5.90.